The van der Waals surface area contributed by atoms with E-state index in [2.05, 4.69) is 21.3 Å². The third-order valence-corrected chi connectivity index (χ3v) is 8.68. The lowest BCUT2D eigenvalue weighted by Crippen LogP contribution is -2.54. The van der Waals surface area contributed by atoms with Gasteiger partial charge in [-0.15, -0.1) is 0 Å². The predicted octanol–water partition coefficient (Wildman–Crippen LogP) is 4.20. The summed E-state index contributed by atoms with van der Waals surface area (Å²) < 4.78 is 32.1. The van der Waals surface area contributed by atoms with Crippen molar-refractivity contribution < 1.29 is 62.1 Å². The summed E-state index contributed by atoms with van der Waals surface area (Å²) in [5.74, 6) is -7.58. The maximum Gasteiger partial charge on any atom is 0.408 e. The molecule has 324 valence electrons. The van der Waals surface area contributed by atoms with E-state index in [1.165, 1.54) is 0 Å². The van der Waals surface area contributed by atoms with Gasteiger partial charge in [-0.1, -0.05) is 90.1 Å². The van der Waals surface area contributed by atoms with Crippen molar-refractivity contribution in [3.05, 3.63) is 71.4 Å². The quantitative estimate of drug-likeness (QED) is 0.100. The van der Waals surface area contributed by atoms with E-state index in [0.717, 1.165) is 22.0 Å². The first-order valence-corrected chi connectivity index (χ1v) is 18.9. The first-order chi connectivity index (χ1) is 27.8. The van der Waals surface area contributed by atoms with Crippen LogP contribution in [0.2, 0.25) is 0 Å². The molecule has 3 aromatic rings. The Balaban J connectivity index is 0.000000569. The number of hydrogen-bond donors (Lipinski definition) is 6. The summed E-state index contributed by atoms with van der Waals surface area (Å²) in [5.41, 5.74) is 2.76. The predicted molar refractivity (Wildman–Crippen MR) is 214 cm³/mol. The van der Waals surface area contributed by atoms with Gasteiger partial charge in [0.25, 0.3) is 5.91 Å². The summed E-state index contributed by atoms with van der Waals surface area (Å²) in [7, 11) is 1.75. The fourth-order valence-electron chi connectivity index (χ4n) is 5.63. The molecule has 16 nitrogen and oxygen atoms in total. The van der Waals surface area contributed by atoms with Crippen LogP contribution >= 0.6 is 0 Å². The molecule has 3 rings (SSSR count). The molecule has 4 amide bonds. The Bertz CT molecular complexity index is 1880. The summed E-state index contributed by atoms with van der Waals surface area (Å²) >= 11 is 0. The number of nitrogens with zero attached hydrogens (tertiary/aromatic N) is 1. The van der Waals surface area contributed by atoms with E-state index in [1.54, 1.807) is 63.6 Å². The summed E-state index contributed by atoms with van der Waals surface area (Å²) in [6.07, 6.45) is -2.34. The molecule has 1 aromatic heterocycles. The van der Waals surface area contributed by atoms with Crippen LogP contribution in [0.3, 0.4) is 0 Å². The molecule has 0 saturated carbocycles. The Morgan fingerprint density at radius 2 is 1.12 bits per heavy atom. The monoisotopic (exact) mass is 831 g/mol. The van der Waals surface area contributed by atoms with Gasteiger partial charge in [0.05, 0.1) is 12.8 Å². The largest absolute Gasteiger partial charge is 0.481 e. The average Bonchev–Trinajstić information content (AvgIpc) is 3.46. The molecule has 2 unspecified atom stereocenters. The smallest absolute Gasteiger partial charge is 0.408 e. The first-order valence-electron chi connectivity index (χ1n) is 18.9. The number of nitrogens with one attached hydrogen (secondary N) is 4. The van der Waals surface area contributed by atoms with Gasteiger partial charge in [-0.25, -0.2) is 13.6 Å². The van der Waals surface area contributed by atoms with E-state index in [-0.39, 0.29) is 18.4 Å². The number of benzene rings is 2. The van der Waals surface area contributed by atoms with E-state index >= 15 is 0 Å². The van der Waals surface area contributed by atoms with Gasteiger partial charge in [0.1, 0.15) is 49.8 Å². The number of aliphatic carboxylic acids is 2. The molecule has 0 spiro atoms. The van der Waals surface area contributed by atoms with Crippen LogP contribution in [-0.4, -0.2) is 99.6 Å². The fraction of sp³-hybridized carbons (Fsp3) is 0.463. The molecule has 4 atom stereocenters. The number of fused-ring (bicyclic) bond motifs is 1. The summed E-state index contributed by atoms with van der Waals surface area (Å²) in [4.78, 5) is 94.9. The first kappa shape index (κ1) is 50.8. The molecule has 0 aliphatic rings. The molecule has 59 heavy (non-hydrogen) atoms. The average molecular weight is 832 g/mol. The number of Topliss-reactive ketones (excluding diaryl/α,β-unsaturated/α-hetero) is 2. The molecule has 18 heteroatoms. The lowest BCUT2D eigenvalue weighted by atomic mass is 10.0. The van der Waals surface area contributed by atoms with E-state index < -0.39 is 97.7 Å². The van der Waals surface area contributed by atoms with Crippen LogP contribution in [0.4, 0.5) is 13.6 Å². The highest BCUT2D eigenvalue weighted by Gasteiger charge is 2.32. The number of carboxylic acids is 2. The molecule has 0 aliphatic heterocycles. The van der Waals surface area contributed by atoms with Crippen molar-refractivity contribution in [2.45, 2.75) is 92.1 Å². The maximum absolute atomic E-state index is 13.0. The SMILES string of the molecule is CC.CC(C)[C@H](NC(=O)OCc1ccccc1)C(=O)NC(CC(=O)O)C(=O)CF.Cc1c(C(=O)N[C@H](C(=O)NC(CC(=O)O)C(=O)CF)C(C)C)n(C)c2ccccc12. The summed E-state index contributed by atoms with van der Waals surface area (Å²) in [6, 6.07) is 11.3. The van der Waals surface area contributed by atoms with Crippen molar-refractivity contribution in [3.8, 4) is 0 Å². The zero-order chi connectivity index (χ0) is 45.0. The number of aryl methyl sites for hydroxylation is 2. The zero-order valence-electron chi connectivity index (χ0n) is 34.5. The number of alkyl halides is 2. The number of carbonyl (C=O) groups is 8. The minimum atomic E-state index is -1.51. The zero-order valence-corrected chi connectivity index (χ0v) is 34.5. The Labute approximate surface area is 341 Å². The van der Waals surface area contributed by atoms with Crippen LogP contribution in [0.15, 0.2) is 54.6 Å². The normalized spacial score (nSPS) is 12.6. The Kier molecular flexibility index (Phi) is 21.7. The lowest BCUT2D eigenvalue weighted by molar-refractivity contribution is -0.141. The van der Waals surface area contributed by atoms with Crippen LogP contribution in [0.5, 0.6) is 0 Å². The van der Waals surface area contributed by atoms with Gasteiger partial charge in [0.15, 0.2) is 11.6 Å². The highest BCUT2D eigenvalue weighted by molar-refractivity contribution is 6.03. The minimum absolute atomic E-state index is 0.00108. The number of ketones is 2. The molecule has 0 saturated heterocycles. The van der Waals surface area contributed by atoms with Crippen LogP contribution in [0.1, 0.15) is 76.0 Å². The van der Waals surface area contributed by atoms with Crippen molar-refractivity contribution in [1.82, 2.24) is 25.8 Å². The van der Waals surface area contributed by atoms with Crippen molar-refractivity contribution >= 4 is 58.2 Å². The fourth-order valence-corrected chi connectivity index (χ4v) is 5.63. The molecule has 0 bridgehead atoms. The van der Waals surface area contributed by atoms with E-state index in [4.69, 9.17) is 14.9 Å². The molecule has 0 aliphatic carbocycles. The van der Waals surface area contributed by atoms with Crippen molar-refractivity contribution in [1.29, 1.82) is 0 Å². The molecule has 1 heterocycles. The maximum atomic E-state index is 13.0. The van der Waals surface area contributed by atoms with Crippen molar-refractivity contribution in [2.75, 3.05) is 13.3 Å². The van der Waals surface area contributed by atoms with Gasteiger partial charge in [0.2, 0.25) is 11.8 Å². The number of rotatable bonds is 19. The van der Waals surface area contributed by atoms with Gasteiger partial charge >= 0.3 is 18.0 Å². The van der Waals surface area contributed by atoms with E-state index in [1.807, 2.05) is 51.1 Å². The van der Waals surface area contributed by atoms with E-state index in [9.17, 15) is 47.1 Å². The van der Waals surface area contributed by atoms with Crippen molar-refractivity contribution in [2.24, 2.45) is 18.9 Å². The molecule has 0 fully saturated rings. The standard InChI is InChI=1S/C21H26FN3O5.C18H23FN2O6.C2H6/c1-11(2)18(20(29)23-14(9-17(27)28)16(26)10-22)24-21(30)19-12(3)13-7-5-6-8-15(13)25(19)4;1-11(2)16(17(25)20-13(8-15(23)24)14(22)9-19)21-18(26)27-10-12-6-4-3-5-7-12;1-2/h5-8,11,14,18H,9-10H2,1-4H3,(H,23,29)(H,24,30)(H,27,28);3-7,11,13,16H,8-10H2,1-2H3,(H,20,25)(H,21,26)(H,23,24);1-2H3/t14?,18-;13?,16-;/m00./s1. The molecular formula is C41H55F2N5O11. The van der Waals surface area contributed by atoms with E-state index in [0.29, 0.717) is 5.69 Å². The topological polar surface area (TPSA) is 239 Å². The van der Waals surface area contributed by atoms with Gasteiger partial charge < -0.3 is 40.8 Å². The number of aromatic nitrogens is 1. The number of carbonyl (C=O) groups excluding carboxylic acids is 6. The van der Waals surface area contributed by atoms with Gasteiger partial charge in [-0.3, -0.25) is 33.6 Å². The van der Waals surface area contributed by atoms with Gasteiger partial charge in [-0.2, -0.15) is 0 Å². The number of halogens is 2. The molecule has 6 N–H and O–H groups in total. The molecule has 2 aromatic carbocycles. The Hall–Kier alpha value is -6.20. The number of amides is 4. The minimum Gasteiger partial charge on any atom is -0.481 e. The van der Waals surface area contributed by atoms with Gasteiger partial charge in [-0.05, 0) is 36.0 Å². The number of alkyl carbamates (subject to hydrolysis) is 1. The number of hydrogen-bond acceptors (Lipinski definition) is 9. The highest BCUT2D eigenvalue weighted by Crippen LogP contribution is 2.24. The van der Waals surface area contributed by atoms with Crippen LogP contribution < -0.4 is 21.3 Å². The summed E-state index contributed by atoms with van der Waals surface area (Å²) in [5, 5.41) is 28.1. The Morgan fingerprint density at radius 1 is 0.678 bits per heavy atom. The second-order valence-corrected chi connectivity index (χ2v) is 13.7. The van der Waals surface area contributed by atoms with Crippen LogP contribution in [0.25, 0.3) is 10.9 Å². The third-order valence-electron chi connectivity index (χ3n) is 8.68. The van der Waals surface area contributed by atoms with Crippen LogP contribution in [0, 0.1) is 18.8 Å². The second-order valence-electron chi connectivity index (χ2n) is 13.7. The second kappa shape index (κ2) is 25.2. The molecule has 0 radical (unpaired) electrons. The number of ether oxygens (including phenoxy) is 1. The molecular weight excluding hydrogens is 776 g/mol. The Morgan fingerprint density at radius 3 is 1.54 bits per heavy atom. The number of para-hydroxylation sites is 1. The van der Waals surface area contributed by atoms with Crippen LogP contribution in [-0.2, 0) is 47.2 Å². The van der Waals surface area contributed by atoms with Gasteiger partial charge in [0, 0.05) is 18.0 Å². The number of carboxylic acid groups (broad SMARTS) is 2. The lowest BCUT2D eigenvalue weighted by Gasteiger charge is -2.24. The summed E-state index contributed by atoms with van der Waals surface area (Å²) in [6.45, 7) is 9.69. The highest BCUT2D eigenvalue weighted by atomic mass is 19.1. The third kappa shape index (κ3) is 15.9. The van der Waals surface area contributed by atoms with Crippen molar-refractivity contribution in [3.63, 3.8) is 0 Å².